The number of ketones is 1. The Hall–Kier alpha value is -1.23. The summed E-state index contributed by atoms with van der Waals surface area (Å²) in [7, 11) is 2.12. The molecule has 2 heterocycles. The molecule has 1 fully saturated rings. The molecule has 1 aromatic heterocycles. The summed E-state index contributed by atoms with van der Waals surface area (Å²) in [6.07, 6.45) is 2.38. The fraction of sp³-hybridized carbons (Fsp3) is 0.727. The monoisotopic (exact) mass is 223 g/mol. The second-order valence-corrected chi connectivity index (χ2v) is 4.50. The van der Waals surface area contributed by atoms with Crippen LogP contribution in [0.15, 0.2) is 4.52 Å². The summed E-state index contributed by atoms with van der Waals surface area (Å²) in [6.45, 7) is 3.67. The van der Waals surface area contributed by atoms with E-state index in [1.54, 1.807) is 0 Å². The Labute approximate surface area is 94.8 Å². The molecule has 0 radical (unpaired) electrons. The van der Waals surface area contributed by atoms with Crippen molar-refractivity contribution in [1.82, 2.24) is 15.0 Å². The van der Waals surface area contributed by atoms with Crippen LogP contribution in [0.25, 0.3) is 0 Å². The predicted molar refractivity (Wildman–Crippen MR) is 58.2 cm³/mol. The topological polar surface area (TPSA) is 59.2 Å². The third-order valence-corrected chi connectivity index (χ3v) is 2.97. The molecule has 0 bridgehead atoms. The molecule has 88 valence electrons. The Morgan fingerprint density at radius 2 is 2.19 bits per heavy atom. The minimum absolute atomic E-state index is 0.0542. The zero-order valence-corrected chi connectivity index (χ0v) is 9.77. The molecule has 0 amide bonds. The van der Waals surface area contributed by atoms with E-state index in [2.05, 4.69) is 22.1 Å². The highest BCUT2D eigenvalue weighted by atomic mass is 16.5. The minimum atomic E-state index is 0.0542. The van der Waals surface area contributed by atoms with Gasteiger partial charge in [0, 0.05) is 5.92 Å². The highest BCUT2D eigenvalue weighted by molar-refractivity contribution is 5.77. The van der Waals surface area contributed by atoms with Crippen LogP contribution >= 0.6 is 0 Å². The molecule has 0 N–H and O–H groups in total. The summed E-state index contributed by atoms with van der Waals surface area (Å²) in [5.74, 6) is 1.66. The lowest BCUT2D eigenvalue weighted by Crippen LogP contribution is -2.29. The first-order chi connectivity index (χ1) is 7.65. The molecular weight excluding hydrogens is 206 g/mol. The summed E-state index contributed by atoms with van der Waals surface area (Å²) >= 11 is 0. The molecule has 0 spiro atoms. The minimum Gasteiger partial charge on any atom is -0.339 e. The van der Waals surface area contributed by atoms with Crippen molar-refractivity contribution >= 4 is 5.78 Å². The lowest BCUT2D eigenvalue weighted by atomic mass is 9.97. The maximum Gasteiger partial charge on any atom is 0.234 e. The van der Waals surface area contributed by atoms with Crippen LogP contribution in [0.5, 0.6) is 0 Å². The van der Waals surface area contributed by atoms with E-state index in [0.29, 0.717) is 11.8 Å². The molecule has 1 aromatic rings. The summed E-state index contributed by atoms with van der Waals surface area (Å²) in [6, 6.07) is 0. The smallest absolute Gasteiger partial charge is 0.234 e. The van der Waals surface area contributed by atoms with Crippen molar-refractivity contribution < 1.29 is 9.32 Å². The first kappa shape index (κ1) is 11.3. The second-order valence-electron chi connectivity index (χ2n) is 4.50. The number of carbonyl (C=O) groups excluding carboxylic acids is 1. The first-order valence-corrected chi connectivity index (χ1v) is 5.65. The number of hydrogen-bond acceptors (Lipinski definition) is 5. The van der Waals surface area contributed by atoms with E-state index in [9.17, 15) is 4.79 Å². The Morgan fingerprint density at radius 3 is 2.81 bits per heavy atom. The molecule has 1 saturated heterocycles. The van der Waals surface area contributed by atoms with E-state index >= 15 is 0 Å². The van der Waals surface area contributed by atoms with E-state index in [1.165, 1.54) is 6.92 Å². The van der Waals surface area contributed by atoms with Gasteiger partial charge in [0.05, 0.1) is 6.42 Å². The van der Waals surface area contributed by atoms with E-state index in [4.69, 9.17) is 4.52 Å². The van der Waals surface area contributed by atoms with Gasteiger partial charge in [-0.1, -0.05) is 5.16 Å². The van der Waals surface area contributed by atoms with Crippen molar-refractivity contribution in [3.05, 3.63) is 11.7 Å². The average molecular weight is 223 g/mol. The van der Waals surface area contributed by atoms with Crippen LogP contribution in [0.1, 0.15) is 37.4 Å². The predicted octanol–water partition coefficient (Wildman–Crippen LogP) is 1.01. The van der Waals surface area contributed by atoms with Gasteiger partial charge in [0.15, 0.2) is 5.82 Å². The normalized spacial score (nSPS) is 18.9. The van der Waals surface area contributed by atoms with Crippen LogP contribution in [-0.2, 0) is 11.2 Å². The summed E-state index contributed by atoms with van der Waals surface area (Å²) < 4.78 is 5.06. The van der Waals surface area contributed by atoms with E-state index < -0.39 is 0 Å². The van der Waals surface area contributed by atoms with E-state index in [1.807, 2.05) is 0 Å². The van der Waals surface area contributed by atoms with Gasteiger partial charge in [-0.3, -0.25) is 4.79 Å². The van der Waals surface area contributed by atoms with Crippen molar-refractivity contribution in [2.24, 2.45) is 0 Å². The van der Waals surface area contributed by atoms with Gasteiger partial charge in [0.1, 0.15) is 5.78 Å². The standard InChI is InChI=1S/C11H17N3O2/c1-8(15)7-10-12-11(13-16-10)9-3-5-14(2)6-4-9/h9H,3-7H2,1-2H3. The fourth-order valence-corrected chi connectivity index (χ4v) is 1.99. The van der Waals surface area contributed by atoms with Crippen molar-refractivity contribution in [2.45, 2.75) is 32.1 Å². The van der Waals surface area contributed by atoms with Gasteiger partial charge in [-0.15, -0.1) is 0 Å². The number of nitrogens with zero attached hydrogens (tertiary/aromatic N) is 3. The lowest BCUT2D eigenvalue weighted by molar-refractivity contribution is -0.116. The Bertz CT molecular complexity index is 367. The molecule has 2 rings (SSSR count). The maximum absolute atomic E-state index is 10.9. The number of likely N-dealkylation sites (tertiary alicyclic amines) is 1. The molecule has 16 heavy (non-hydrogen) atoms. The quantitative estimate of drug-likeness (QED) is 0.765. The van der Waals surface area contributed by atoms with E-state index in [-0.39, 0.29) is 12.2 Å². The number of hydrogen-bond donors (Lipinski definition) is 0. The van der Waals surface area contributed by atoms with E-state index in [0.717, 1.165) is 31.8 Å². The molecule has 0 aliphatic carbocycles. The highest BCUT2D eigenvalue weighted by Crippen LogP contribution is 2.25. The van der Waals surface area contributed by atoms with Crippen molar-refractivity contribution in [2.75, 3.05) is 20.1 Å². The van der Waals surface area contributed by atoms with Crippen LogP contribution in [-0.4, -0.2) is 41.0 Å². The second kappa shape index (κ2) is 4.74. The number of piperidine rings is 1. The SMILES string of the molecule is CC(=O)Cc1nc(C2CCN(C)CC2)no1. The molecule has 0 atom stereocenters. The summed E-state index contributed by atoms with van der Waals surface area (Å²) in [4.78, 5) is 17.5. The molecule has 1 aliphatic rings. The molecule has 5 nitrogen and oxygen atoms in total. The average Bonchev–Trinajstić information content (AvgIpc) is 2.66. The first-order valence-electron chi connectivity index (χ1n) is 5.65. The van der Waals surface area contributed by atoms with Crippen LogP contribution in [0.4, 0.5) is 0 Å². The Balaban J connectivity index is 1.99. The fourth-order valence-electron chi connectivity index (χ4n) is 1.99. The molecule has 0 aromatic carbocycles. The number of rotatable bonds is 3. The van der Waals surface area contributed by atoms with Crippen molar-refractivity contribution in [3.63, 3.8) is 0 Å². The van der Waals surface area contributed by atoms with Gasteiger partial charge in [-0.25, -0.2) is 0 Å². The van der Waals surface area contributed by atoms with Crippen LogP contribution in [0, 0.1) is 0 Å². The Morgan fingerprint density at radius 1 is 1.50 bits per heavy atom. The molecule has 0 saturated carbocycles. The third kappa shape index (κ3) is 2.66. The summed E-state index contributed by atoms with van der Waals surface area (Å²) in [5.41, 5.74) is 0. The zero-order valence-electron chi connectivity index (χ0n) is 9.77. The van der Waals surface area contributed by atoms with Gasteiger partial charge < -0.3 is 9.42 Å². The van der Waals surface area contributed by atoms with Gasteiger partial charge in [-0.2, -0.15) is 4.98 Å². The summed E-state index contributed by atoms with van der Waals surface area (Å²) in [5, 5.41) is 3.96. The maximum atomic E-state index is 10.9. The lowest BCUT2D eigenvalue weighted by Gasteiger charge is -2.26. The number of Topliss-reactive ketones (excluding diaryl/α,β-unsaturated/α-hetero) is 1. The van der Waals surface area contributed by atoms with Crippen LogP contribution in [0.2, 0.25) is 0 Å². The Kier molecular flexibility index (Phi) is 3.33. The van der Waals surface area contributed by atoms with Crippen molar-refractivity contribution in [3.8, 4) is 0 Å². The molecule has 1 aliphatic heterocycles. The largest absolute Gasteiger partial charge is 0.339 e. The van der Waals surface area contributed by atoms with Gasteiger partial charge in [-0.05, 0) is 39.9 Å². The van der Waals surface area contributed by atoms with Crippen molar-refractivity contribution in [1.29, 1.82) is 0 Å². The van der Waals surface area contributed by atoms with Crippen LogP contribution in [0.3, 0.4) is 0 Å². The van der Waals surface area contributed by atoms with Crippen LogP contribution < -0.4 is 0 Å². The van der Waals surface area contributed by atoms with Gasteiger partial charge in [0.2, 0.25) is 5.89 Å². The third-order valence-electron chi connectivity index (χ3n) is 2.97. The molecule has 0 unspecified atom stereocenters. The molecule has 5 heteroatoms. The number of carbonyl (C=O) groups is 1. The number of aromatic nitrogens is 2. The van der Waals surface area contributed by atoms with Gasteiger partial charge >= 0.3 is 0 Å². The zero-order chi connectivity index (χ0) is 11.5. The van der Waals surface area contributed by atoms with Gasteiger partial charge in [0.25, 0.3) is 0 Å². The molecular formula is C11H17N3O2. The highest BCUT2D eigenvalue weighted by Gasteiger charge is 2.23.